The minimum atomic E-state index is 0.0592. The number of likely N-dealkylation sites (tertiary alicyclic amines) is 1. The van der Waals surface area contributed by atoms with Gasteiger partial charge in [-0.1, -0.05) is 35.5 Å². The molecule has 28 heavy (non-hydrogen) atoms. The van der Waals surface area contributed by atoms with E-state index >= 15 is 0 Å². The van der Waals surface area contributed by atoms with Crippen LogP contribution < -0.4 is 5.32 Å². The van der Waals surface area contributed by atoms with Gasteiger partial charge in [-0.25, -0.2) is 0 Å². The normalized spacial score (nSPS) is 19.6. The van der Waals surface area contributed by atoms with E-state index in [1.807, 2.05) is 30.3 Å². The van der Waals surface area contributed by atoms with Crippen LogP contribution in [0.5, 0.6) is 0 Å². The number of hydrogen-bond donors (Lipinski definition) is 1. The summed E-state index contributed by atoms with van der Waals surface area (Å²) in [6.45, 7) is 3.87. The van der Waals surface area contributed by atoms with Crippen molar-refractivity contribution in [1.82, 2.24) is 20.4 Å². The van der Waals surface area contributed by atoms with Crippen molar-refractivity contribution < 1.29 is 14.1 Å². The van der Waals surface area contributed by atoms with Gasteiger partial charge in [0.25, 0.3) is 0 Å². The van der Waals surface area contributed by atoms with Gasteiger partial charge in [-0.15, -0.1) is 0 Å². The topological polar surface area (TPSA) is 80.5 Å². The molecule has 1 amide bonds. The summed E-state index contributed by atoms with van der Waals surface area (Å²) in [7, 11) is 0. The average molecular weight is 384 g/mol. The van der Waals surface area contributed by atoms with Gasteiger partial charge < -0.3 is 19.5 Å². The van der Waals surface area contributed by atoms with E-state index < -0.39 is 0 Å². The Bertz CT molecular complexity index is 750. The van der Waals surface area contributed by atoms with Crippen molar-refractivity contribution in [2.75, 3.05) is 26.3 Å². The first kappa shape index (κ1) is 19.1. The van der Waals surface area contributed by atoms with Crippen molar-refractivity contribution in [3.05, 3.63) is 36.2 Å². The molecule has 2 aliphatic heterocycles. The van der Waals surface area contributed by atoms with Crippen molar-refractivity contribution in [1.29, 1.82) is 0 Å². The summed E-state index contributed by atoms with van der Waals surface area (Å²) in [4.78, 5) is 19.3. The smallest absolute Gasteiger partial charge is 0.227 e. The fourth-order valence-corrected chi connectivity index (χ4v) is 4.04. The number of nitrogens with one attached hydrogen (secondary N) is 1. The molecule has 150 valence electrons. The third kappa shape index (κ3) is 4.97. The highest BCUT2D eigenvalue weighted by molar-refractivity contribution is 5.76. The van der Waals surface area contributed by atoms with Crippen LogP contribution in [0, 0.1) is 0 Å². The Morgan fingerprint density at radius 2 is 1.86 bits per heavy atom. The molecule has 7 heteroatoms. The second-order valence-corrected chi connectivity index (χ2v) is 7.60. The molecule has 2 fully saturated rings. The molecule has 2 aromatic rings. The van der Waals surface area contributed by atoms with Gasteiger partial charge in [0.15, 0.2) is 0 Å². The van der Waals surface area contributed by atoms with Gasteiger partial charge in [-0.3, -0.25) is 4.79 Å². The highest BCUT2D eigenvalue weighted by atomic mass is 16.5. The Morgan fingerprint density at radius 3 is 2.61 bits per heavy atom. The maximum atomic E-state index is 12.3. The summed E-state index contributed by atoms with van der Waals surface area (Å²) in [5, 5.41) is 7.17. The molecule has 7 nitrogen and oxygen atoms in total. The Kier molecular flexibility index (Phi) is 6.34. The lowest BCUT2D eigenvalue weighted by Crippen LogP contribution is -2.49. The predicted molar refractivity (Wildman–Crippen MR) is 105 cm³/mol. The van der Waals surface area contributed by atoms with Crippen molar-refractivity contribution in [3.8, 4) is 11.4 Å². The zero-order chi connectivity index (χ0) is 19.2. The largest absolute Gasteiger partial charge is 0.381 e. The molecule has 1 N–H and O–H groups in total. The molecule has 4 rings (SSSR count). The number of nitrogens with zero attached hydrogens (tertiary/aromatic N) is 3. The summed E-state index contributed by atoms with van der Waals surface area (Å²) >= 11 is 0. The third-order valence-electron chi connectivity index (χ3n) is 5.67. The van der Waals surface area contributed by atoms with Crippen LogP contribution in [-0.4, -0.2) is 59.3 Å². The standard InChI is InChI=1S/C21H28N4O3/c26-19(6-7-20-23-21(24-28-20)16-4-2-1-3-5-16)22-17-8-12-25(13-9-17)18-10-14-27-15-11-18/h1-5,17-18H,6-15H2,(H,22,26). The lowest BCUT2D eigenvalue weighted by molar-refractivity contribution is -0.122. The molecule has 3 heterocycles. The lowest BCUT2D eigenvalue weighted by atomic mass is 9.99. The van der Waals surface area contributed by atoms with Crippen molar-refractivity contribution in [3.63, 3.8) is 0 Å². The second-order valence-electron chi connectivity index (χ2n) is 7.60. The van der Waals surface area contributed by atoms with E-state index in [-0.39, 0.29) is 11.9 Å². The van der Waals surface area contributed by atoms with E-state index in [1.54, 1.807) is 0 Å². The van der Waals surface area contributed by atoms with Gasteiger partial charge in [0.1, 0.15) is 0 Å². The molecule has 1 aromatic carbocycles. The van der Waals surface area contributed by atoms with E-state index in [2.05, 4.69) is 20.4 Å². The van der Waals surface area contributed by atoms with Gasteiger partial charge in [0, 0.05) is 56.8 Å². The van der Waals surface area contributed by atoms with Crippen molar-refractivity contribution in [2.24, 2.45) is 0 Å². The Balaban J connectivity index is 1.19. The average Bonchev–Trinajstić information content (AvgIpc) is 3.23. The van der Waals surface area contributed by atoms with Gasteiger partial charge in [-0.2, -0.15) is 4.98 Å². The molecule has 2 aliphatic rings. The maximum Gasteiger partial charge on any atom is 0.227 e. The fourth-order valence-electron chi connectivity index (χ4n) is 4.04. The van der Waals surface area contributed by atoms with Crippen LogP contribution in [0.15, 0.2) is 34.9 Å². The van der Waals surface area contributed by atoms with Crippen LogP contribution in [0.3, 0.4) is 0 Å². The highest BCUT2D eigenvalue weighted by Crippen LogP contribution is 2.20. The molecule has 0 spiro atoms. The zero-order valence-electron chi connectivity index (χ0n) is 16.2. The van der Waals surface area contributed by atoms with Crippen LogP contribution in [0.1, 0.15) is 38.0 Å². The number of aromatic nitrogens is 2. The Hall–Kier alpha value is -2.25. The number of rotatable bonds is 6. The number of carbonyl (C=O) groups is 1. The summed E-state index contributed by atoms with van der Waals surface area (Å²) in [6.07, 6.45) is 5.13. The lowest BCUT2D eigenvalue weighted by Gasteiger charge is -2.39. The van der Waals surface area contributed by atoms with E-state index in [0.29, 0.717) is 30.6 Å². The number of amides is 1. The Morgan fingerprint density at radius 1 is 1.11 bits per heavy atom. The molecular weight excluding hydrogens is 356 g/mol. The summed E-state index contributed by atoms with van der Waals surface area (Å²) in [6, 6.07) is 10.6. The predicted octanol–water partition coefficient (Wildman–Crippen LogP) is 2.43. The molecule has 0 atom stereocenters. The third-order valence-corrected chi connectivity index (χ3v) is 5.67. The van der Waals surface area contributed by atoms with Gasteiger partial charge in [-0.05, 0) is 25.7 Å². The van der Waals surface area contributed by atoms with E-state index in [0.717, 1.165) is 57.6 Å². The molecule has 1 aromatic heterocycles. The molecule has 0 aliphatic carbocycles. The minimum absolute atomic E-state index is 0.0592. The van der Waals surface area contributed by atoms with Crippen LogP contribution in [0.2, 0.25) is 0 Å². The van der Waals surface area contributed by atoms with Gasteiger partial charge in [0.05, 0.1) is 0 Å². The highest BCUT2D eigenvalue weighted by Gasteiger charge is 2.27. The summed E-state index contributed by atoms with van der Waals surface area (Å²) in [5.74, 6) is 1.13. The van der Waals surface area contributed by atoms with E-state index in [1.165, 1.54) is 0 Å². The number of ether oxygens (including phenoxy) is 1. The molecule has 0 saturated carbocycles. The SMILES string of the molecule is O=C(CCc1nc(-c2ccccc2)no1)NC1CCN(C2CCOCC2)CC1. The summed E-state index contributed by atoms with van der Waals surface area (Å²) < 4.78 is 10.7. The molecule has 2 saturated heterocycles. The number of piperidine rings is 1. The fraction of sp³-hybridized carbons (Fsp3) is 0.571. The molecule has 0 radical (unpaired) electrons. The van der Waals surface area contributed by atoms with Crippen molar-refractivity contribution in [2.45, 2.75) is 50.6 Å². The molecular formula is C21H28N4O3. The van der Waals surface area contributed by atoms with Crippen LogP contribution in [-0.2, 0) is 16.0 Å². The first-order valence-electron chi connectivity index (χ1n) is 10.3. The quantitative estimate of drug-likeness (QED) is 0.824. The molecule has 0 unspecified atom stereocenters. The maximum absolute atomic E-state index is 12.3. The first-order chi connectivity index (χ1) is 13.8. The van der Waals surface area contributed by atoms with E-state index in [4.69, 9.17) is 9.26 Å². The first-order valence-corrected chi connectivity index (χ1v) is 10.3. The number of carbonyl (C=O) groups excluding carboxylic acids is 1. The molecule has 0 bridgehead atoms. The second kappa shape index (κ2) is 9.30. The Labute approximate surface area is 165 Å². The van der Waals surface area contributed by atoms with Crippen molar-refractivity contribution >= 4 is 5.91 Å². The van der Waals surface area contributed by atoms with Crippen LogP contribution in [0.25, 0.3) is 11.4 Å². The number of hydrogen-bond acceptors (Lipinski definition) is 6. The summed E-state index contributed by atoms with van der Waals surface area (Å²) in [5.41, 5.74) is 0.915. The van der Waals surface area contributed by atoms with Gasteiger partial charge in [0.2, 0.25) is 17.6 Å². The van der Waals surface area contributed by atoms with Crippen LogP contribution in [0.4, 0.5) is 0 Å². The van der Waals surface area contributed by atoms with Gasteiger partial charge >= 0.3 is 0 Å². The monoisotopic (exact) mass is 384 g/mol. The number of benzene rings is 1. The van der Waals surface area contributed by atoms with Crippen LogP contribution >= 0.6 is 0 Å². The minimum Gasteiger partial charge on any atom is -0.381 e. The number of aryl methyl sites for hydroxylation is 1. The zero-order valence-corrected chi connectivity index (χ0v) is 16.2. The van der Waals surface area contributed by atoms with E-state index in [9.17, 15) is 4.79 Å².